The summed E-state index contributed by atoms with van der Waals surface area (Å²) in [6, 6.07) is 16.0. The van der Waals surface area contributed by atoms with E-state index in [-0.39, 0.29) is 10.5 Å². The van der Waals surface area contributed by atoms with Crippen LogP contribution in [0, 0.1) is 0 Å². The minimum absolute atomic E-state index is 0.199. The van der Waals surface area contributed by atoms with Gasteiger partial charge in [-0.05, 0) is 39.2 Å². The fourth-order valence-corrected chi connectivity index (χ4v) is 3.63. The molecular weight excluding hydrogens is 404 g/mol. The van der Waals surface area contributed by atoms with Gasteiger partial charge in [0.05, 0.1) is 22.1 Å². The van der Waals surface area contributed by atoms with Crippen LogP contribution in [0.25, 0.3) is 11.1 Å². The molecule has 7 heteroatoms. The van der Waals surface area contributed by atoms with E-state index in [0.29, 0.717) is 22.1 Å². The highest BCUT2D eigenvalue weighted by atomic mass is 79.9. The zero-order valence-electron chi connectivity index (χ0n) is 13.4. The monoisotopic (exact) mass is 418 g/mol. The van der Waals surface area contributed by atoms with Crippen molar-refractivity contribution in [3.63, 3.8) is 0 Å². The molecule has 3 aromatic rings. The molecule has 0 fully saturated rings. The second-order valence-corrected chi connectivity index (χ2v) is 8.43. The van der Waals surface area contributed by atoms with Crippen LogP contribution >= 0.6 is 15.9 Å². The SMILES string of the molecule is CS(=O)(=O)c1cccc(-c2cnn(Cc3ccccc3)c(=O)c2Br)c1. The molecule has 1 heterocycles. The lowest BCUT2D eigenvalue weighted by Gasteiger charge is -2.09. The van der Waals surface area contributed by atoms with Crippen molar-refractivity contribution in [1.82, 2.24) is 9.78 Å². The van der Waals surface area contributed by atoms with E-state index >= 15 is 0 Å². The quantitative estimate of drug-likeness (QED) is 0.652. The Morgan fingerprint density at radius 3 is 2.48 bits per heavy atom. The van der Waals surface area contributed by atoms with Crippen molar-refractivity contribution in [3.8, 4) is 11.1 Å². The van der Waals surface area contributed by atoms with Crippen LogP contribution in [0.15, 0.2) is 75.0 Å². The van der Waals surface area contributed by atoms with Crippen molar-refractivity contribution in [2.75, 3.05) is 6.26 Å². The maximum atomic E-state index is 12.6. The number of aromatic nitrogens is 2. The lowest BCUT2D eigenvalue weighted by molar-refractivity contribution is 0.602. The molecule has 0 aliphatic heterocycles. The zero-order valence-corrected chi connectivity index (χ0v) is 15.8. The molecule has 128 valence electrons. The minimum Gasteiger partial charge on any atom is -0.266 e. The largest absolute Gasteiger partial charge is 0.281 e. The third-order valence-electron chi connectivity index (χ3n) is 3.73. The molecular formula is C18H15BrN2O3S. The van der Waals surface area contributed by atoms with Gasteiger partial charge in [-0.2, -0.15) is 5.10 Å². The van der Waals surface area contributed by atoms with Crippen LogP contribution < -0.4 is 5.56 Å². The van der Waals surface area contributed by atoms with Crippen LogP contribution in [-0.2, 0) is 16.4 Å². The van der Waals surface area contributed by atoms with Crippen molar-refractivity contribution in [2.45, 2.75) is 11.4 Å². The summed E-state index contributed by atoms with van der Waals surface area (Å²) in [4.78, 5) is 12.8. The van der Waals surface area contributed by atoms with Crippen molar-refractivity contribution in [1.29, 1.82) is 0 Å². The van der Waals surface area contributed by atoms with E-state index in [1.54, 1.807) is 18.3 Å². The summed E-state index contributed by atoms with van der Waals surface area (Å²) in [6.45, 7) is 0.363. The Balaban J connectivity index is 2.03. The Bertz CT molecular complexity index is 1080. The molecule has 25 heavy (non-hydrogen) atoms. The van der Waals surface area contributed by atoms with Gasteiger partial charge in [-0.15, -0.1) is 0 Å². The summed E-state index contributed by atoms with van der Waals surface area (Å²) in [5, 5.41) is 4.23. The van der Waals surface area contributed by atoms with Crippen molar-refractivity contribution >= 4 is 25.8 Å². The van der Waals surface area contributed by atoms with Gasteiger partial charge in [-0.1, -0.05) is 42.5 Å². The lowest BCUT2D eigenvalue weighted by atomic mass is 10.1. The lowest BCUT2D eigenvalue weighted by Crippen LogP contribution is -2.24. The molecule has 0 saturated heterocycles. The highest BCUT2D eigenvalue weighted by molar-refractivity contribution is 9.10. The predicted molar refractivity (Wildman–Crippen MR) is 100 cm³/mol. The average molecular weight is 419 g/mol. The van der Waals surface area contributed by atoms with Gasteiger partial charge in [-0.25, -0.2) is 13.1 Å². The van der Waals surface area contributed by atoms with E-state index in [2.05, 4.69) is 21.0 Å². The number of halogens is 1. The molecule has 0 amide bonds. The third-order valence-corrected chi connectivity index (χ3v) is 5.61. The van der Waals surface area contributed by atoms with Gasteiger partial charge in [0.15, 0.2) is 9.84 Å². The number of hydrogen-bond donors (Lipinski definition) is 0. The summed E-state index contributed by atoms with van der Waals surface area (Å²) >= 11 is 3.33. The van der Waals surface area contributed by atoms with Crippen LogP contribution in [0.4, 0.5) is 0 Å². The Labute approximate surface area is 154 Å². The first kappa shape index (κ1) is 17.6. The second kappa shape index (κ2) is 6.93. The fourth-order valence-electron chi connectivity index (χ4n) is 2.43. The van der Waals surface area contributed by atoms with E-state index in [1.807, 2.05) is 30.3 Å². The molecule has 0 spiro atoms. The van der Waals surface area contributed by atoms with E-state index in [0.717, 1.165) is 11.8 Å². The van der Waals surface area contributed by atoms with Gasteiger partial charge in [0, 0.05) is 11.8 Å². The molecule has 0 aliphatic carbocycles. The normalized spacial score (nSPS) is 11.4. The minimum atomic E-state index is -3.32. The highest BCUT2D eigenvalue weighted by Crippen LogP contribution is 2.26. The van der Waals surface area contributed by atoms with Crippen LogP contribution in [0.5, 0.6) is 0 Å². The van der Waals surface area contributed by atoms with Gasteiger partial charge >= 0.3 is 0 Å². The highest BCUT2D eigenvalue weighted by Gasteiger charge is 2.14. The summed E-state index contributed by atoms with van der Waals surface area (Å²) in [5.74, 6) is 0. The topological polar surface area (TPSA) is 69.0 Å². The van der Waals surface area contributed by atoms with E-state index < -0.39 is 9.84 Å². The van der Waals surface area contributed by atoms with E-state index in [1.165, 1.54) is 16.8 Å². The standard InChI is InChI=1S/C18H15BrN2O3S/c1-25(23,24)15-9-5-8-14(10-15)16-11-20-21(18(22)17(16)19)12-13-6-3-2-4-7-13/h2-11H,12H2,1H3. The van der Waals surface area contributed by atoms with Crippen molar-refractivity contribution < 1.29 is 8.42 Å². The van der Waals surface area contributed by atoms with E-state index in [9.17, 15) is 13.2 Å². The number of rotatable bonds is 4. The molecule has 1 aromatic heterocycles. The summed E-state index contributed by atoms with van der Waals surface area (Å²) < 4.78 is 25.2. The molecule has 0 bridgehead atoms. The molecule has 2 aromatic carbocycles. The van der Waals surface area contributed by atoms with Crippen molar-refractivity contribution in [2.24, 2.45) is 0 Å². The first-order valence-corrected chi connectivity index (χ1v) is 10.1. The maximum absolute atomic E-state index is 12.6. The van der Waals surface area contributed by atoms with Gasteiger partial charge in [-0.3, -0.25) is 4.79 Å². The smallest absolute Gasteiger partial charge is 0.266 e. The Kier molecular flexibility index (Phi) is 4.87. The van der Waals surface area contributed by atoms with Gasteiger partial charge in [0.1, 0.15) is 0 Å². The molecule has 0 atom stereocenters. The van der Waals surface area contributed by atoms with Crippen LogP contribution in [0.3, 0.4) is 0 Å². The number of nitrogens with zero attached hydrogens (tertiary/aromatic N) is 2. The van der Waals surface area contributed by atoms with Crippen LogP contribution in [-0.4, -0.2) is 24.5 Å². The molecule has 3 rings (SSSR count). The number of sulfone groups is 1. The summed E-state index contributed by atoms with van der Waals surface area (Å²) in [5.41, 5.74) is 1.87. The molecule has 0 unspecified atom stereocenters. The summed E-state index contributed by atoms with van der Waals surface area (Å²) in [7, 11) is -3.32. The molecule has 0 aliphatic rings. The Morgan fingerprint density at radius 1 is 1.08 bits per heavy atom. The van der Waals surface area contributed by atoms with Crippen LogP contribution in [0.1, 0.15) is 5.56 Å². The van der Waals surface area contributed by atoms with Gasteiger partial charge in [0.25, 0.3) is 5.56 Å². The van der Waals surface area contributed by atoms with Gasteiger partial charge < -0.3 is 0 Å². The fraction of sp³-hybridized carbons (Fsp3) is 0.111. The molecule has 0 N–H and O–H groups in total. The van der Waals surface area contributed by atoms with Crippen molar-refractivity contribution in [3.05, 3.63) is 81.2 Å². The summed E-state index contributed by atoms with van der Waals surface area (Å²) in [6.07, 6.45) is 2.72. The molecule has 5 nitrogen and oxygen atoms in total. The maximum Gasteiger partial charge on any atom is 0.281 e. The number of hydrogen-bond acceptors (Lipinski definition) is 4. The average Bonchev–Trinajstić information content (AvgIpc) is 2.59. The van der Waals surface area contributed by atoms with E-state index in [4.69, 9.17) is 0 Å². The third kappa shape index (κ3) is 3.88. The van der Waals surface area contributed by atoms with Crippen LogP contribution in [0.2, 0.25) is 0 Å². The second-order valence-electron chi connectivity index (χ2n) is 5.62. The first-order valence-electron chi connectivity index (χ1n) is 7.46. The predicted octanol–water partition coefficient (Wildman–Crippen LogP) is 3.12. The van der Waals surface area contributed by atoms with Gasteiger partial charge in [0.2, 0.25) is 0 Å². The first-order chi connectivity index (χ1) is 11.9. The molecule has 0 radical (unpaired) electrons. The Morgan fingerprint density at radius 2 is 1.80 bits per heavy atom. The molecule has 0 saturated carbocycles. The number of benzene rings is 2. The Hall–Kier alpha value is -2.25. The zero-order chi connectivity index (χ0) is 18.0.